The van der Waals surface area contributed by atoms with Gasteiger partial charge in [-0.2, -0.15) is 0 Å². The highest BCUT2D eigenvalue weighted by Gasteiger charge is 2.08. The molecular weight excluding hydrogens is 495 g/mol. The van der Waals surface area contributed by atoms with E-state index < -0.39 is 0 Å². The normalized spacial score (nSPS) is 10.8. The van der Waals surface area contributed by atoms with Crippen LogP contribution in [0.1, 0.15) is 18.2 Å². The lowest BCUT2D eigenvalue weighted by Crippen LogP contribution is -2.36. The lowest BCUT2D eigenvalue weighted by Gasteiger charge is -2.12. The van der Waals surface area contributed by atoms with Gasteiger partial charge in [0, 0.05) is 29.8 Å². The summed E-state index contributed by atoms with van der Waals surface area (Å²) in [5.74, 6) is 2.93. The summed E-state index contributed by atoms with van der Waals surface area (Å²) in [6, 6.07) is 17.5. The third kappa shape index (κ3) is 6.38. The molecule has 0 saturated carbocycles. The van der Waals surface area contributed by atoms with E-state index in [-0.39, 0.29) is 24.0 Å². The molecule has 0 aliphatic heterocycles. The fourth-order valence-electron chi connectivity index (χ4n) is 2.80. The van der Waals surface area contributed by atoms with Crippen LogP contribution >= 0.6 is 24.0 Å². The van der Waals surface area contributed by atoms with Crippen molar-refractivity contribution < 1.29 is 14.0 Å². The first kappa shape index (κ1) is 23.5. The van der Waals surface area contributed by atoms with E-state index >= 15 is 0 Å². The summed E-state index contributed by atoms with van der Waals surface area (Å²) in [6.07, 6.45) is 0. The number of guanidine groups is 1. The molecule has 160 valence electrons. The van der Waals surface area contributed by atoms with Crippen LogP contribution in [0, 0.1) is 0 Å². The number of halogens is 1. The molecule has 2 N–H and O–H groups in total. The molecule has 7 nitrogen and oxygen atoms in total. The van der Waals surface area contributed by atoms with Crippen LogP contribution in [0.15, 0.2) is 64.1 Å². The molecule has 0 amide bonds. The smallest absolute Gasteiger partial charge is 0.191 e. The van der Waals surface area contributed by atoms with E-state index in [0.29, 0.717) is 19.0 Å². The molecule has 30 heavy (non-hydrogen) atoms. The predicted octanol–water partition coefficient (Wildman–Crippen LogP) is 4.23. The van der Waals surface area contributed by atoms with Crippen molar-refractivity contribution >= 4 is 29.9 Å². The summed E-state index contributed by atoms with van der Waals surface area (Å²) in [5, 5.41) is 10.7. The minimum absolute atomic E-state index is 0. The molecule has 2 aromatic carbocycles. The lowest BCUT2D eigenvalue weighted by molar-refractivity contribution is 0.391. The number of aromatic nitrogens is 1. The van der Waals surface area contributed by atoms with Gasteiger partial charge in [0.25, 0.3) is 0 Å². The van der Waals surface area contributed by atoms with E-state index in [1.165, 1.54) is 0 Å². The van der Waals surface area contributed by atoms with E-state index in [1.807, 2.05) is 61.5 Å². The van der Waals surface area contributed by atoms with Crippen LogP contribution in [0.5, 0.6) is 11.5 Å². The third-order valence-electron chi connectivity index (χ3n) is 4.30. The minimum Gasteiger partial charge on any atom is -0.497 e. The number of nitrogens with zero attached hydrogens (tertiary/aromatic N) is 2. The SMILES string of the molecule is CCNC(=NCc1ccc(OC)cc1OC)NCc1cc(-c2ccccc2)on1.I. The van der Waals surface area contributed by atoms with Gasteiger partial charge in [0.1, 0.15) is 17.2 Å². The van der Waals surface area contributed by atoms with Crippen LogP contribution < -0.4 is 20.1 Å². The molecule has 8 heteroatoms. The van der Waals surface area contributed by atoms with Crippen LogP contribution in [-0.2, 0) is 13.1 Å². The molecule has 0 aliphatic rings. The lowest BCUT2D eigenvalue weighted by atomic mass is 10.2. The largest absolute Gasteiger partial charge is 0.497 e. The summed E-state index contributed by atoms with van der Waals surface area (Å²) in [6.45, 7) is 3.74. The van der Waals surface area contributed by atoms with Crippen molar-refractivity contribution in [3.8, 4) is 22.8 Å². The van der Waals surface area contributed by atoms with Crippen molar-refractivity contribution in [3.63, 3.8) is 0 Å². The van der Waals surface area contributed by atoms with Gasteiger partial charge >= 0.3 is 0 Å². The average molecular weight is 522 g/mol. The van der Waals surface area contributed by atoms with Crippen LogP contribution in [0.25, 0.3) is 11.3 Å². The van der Waals surface area contributed by atoms with Gasteiger partial charge in [0.05, 0.1) is 27.3 Å². The molecule has 0 atom stereocenters. The number of aliphatic imine (C=N–C) groups is 1. The van der Waals surface area contributed by atoms with Gasteiger partial charge in [0.2, 0.25) is 0 Å². The monoisotopic (exact) mass is 522 g/mol. The molecular formula is C22H27IN4O3. The molecule has 0 spiro atoms. The summed E-state index contributed by atoms with van der Waals surface area (Å²) in [7, 11) is 3.27. The molecule has 0 unspecified atom stereocenters. The first-order chi connectivity index (χ1) is 14.2. The van der Waals surface area contributed by atoms with Crippen molar-refractivity contribution in [1.29, 1.82) is 0 Å². The van der Waals surface area contributed by atoms with Gasteiger partial charge in [-0.3, -0.25) is 0 Å². The van der Waals surface area contributed by atoms with Gasteiger partial charge in [-0.15, -0.1) is 24.0 Å². The Bertz CT molecular complexity index is 945. The number of rotatable bonds is 8. The minimum atomic E-state index is 0. The maximum Gasteiger partial charge on any atom is 0.191 e. The molecule has 0 bridgehead atoms. The Balaban J connectivity index is 0.00000320. The maximum atomic E-state index is 5.45. The summed E-state index contributed by atoms with van der Waals surface area (Å²) in [5.41, 5.74) is 2.77. The number of benzene rings is 2. The topological polar surface area (TPSA) is 80.9 Å². The van der Waals surface area contributed by atoms with Gasteiger partial charge in [0.15, 0.2) is 11.7 Å². The van der Waals surface area contributed by atoms with Crippen molar-refractivity contribution in [1.82, 2.24) is 15.8 Å². The average Bonchev–Trinajstić information content (AvgIpc) is 3.25. The van der Waals surface area contributed by atoms with Gasteiger partial charge in [-0.05, 0) is 19.1 Å². The zero-order chi connectivity index (χ0) is 20.5. The number of hydrogen-bond acceptors (Lipinski definition) is 5. The number of nitrogens with one attached hydrogen (secondary N) is 2. The quantitative estimate of drug-likeness (QED) is 0.262. The Labute approximate surface area is 193 Å². The van der Waals surface area contributed by atoms with Crippen molar-refractivity contribution in [2.75, 3.05) is 20.8 Å². The molecule has 1 heterocycles. The van der Waals surface area contributed by atoms with Gasteiger partial charge in [-0.1, -0.05) is 35.5 Å². The Hall–Kier alpha value is -2.75. The van der Waals surface area contributed by atoms with Crippen molar-refractivity contribution in [2.24, 2.45) is 4.99 Å². The second kappa shape index (κ2) is 12.1. The van der Waals surface area contributed by atoms with Crippen LogP contribution in [0.2, 0.25) is 0 Å². The summed E-state index contributed by atoms with van der Waals surface area (Å²) >= 11 is 0. The summed E-state index contributed by atoms with van der Waals surface area (Å²) < 4.78 is 16.1. The number of methoxy groups -OCH3 is 2. The molecule has 0 aliphatic carbocycles. The Morgan fingerprint density at radius 1 is 1.03 bits per heavy atom. The Morgan fingerprint density at radius 3 is 2.53 bits per heavy atom. The number of hydrogen-bond donors (Lipinski definition) is 2. The van der Waals surface area contributed by atoms with Crippen molar-refractivity contribution in [2.45, 2.75) is 20.0 Å². The van der Waals surface area contributed by atoms with E-state index in [2.05, 4.69) is 20.8 Å². The Morgan fingerprint density at radius 2 is 1.83 bits per heavy atom. The van der Waals surface area contributed by atoms with E-state index in [0.717, 1.165) is 40.6 Å². The zero-order valence-corrected chi connectivity index (χ0v) is 19.7. The highest BCUT2D eigenvalue weighted by Crippen LogP contribution is 2.25. The second-order valence-electron chi connectivity index (χ2n) is 6.28. The first-order valence-corrected chi connectivity index (χ1v) is 9.47. The second-order valence-corrected chi connectivity index (χ2v) is 6.28. The Kier molecular flexibility index (Phi) is 9.46. The van der Waals surface area contributed by atoms with Crippen LogP contribution in [0.3, 0.4) is 0 Å². The summed E-state index contributed by atoms with van der Waals surface area (Å²) in [4.78, 5) is 4.64. The standard InChI is InChI=1S/C22H26N4O3.HI/c1-4-23-22(24-14-17-10-11-19(27-2)13-20(17)28-3)25-15-18-12-21(29-26-18)16-8-6-5-7-9-16;/h5-13H,4,14-15H2,1-3H3,(H2,23,24,25);1H. The fraction of sp³-hybridized carbons (Fsp3) is 0.273. The molecule has 0 saturated heterocycles. The molecule has 1 aromatic heterocycles. The maximum absolute atomic E-state index is 5.45. The molecule has 3 aromatic rings. The third-order valence-corrected chi connectivity index (χ3v) is 4.30. The van der Waals surface area contributed by atoms with Gasteiger partial charge in [-0.25, -0.2) is 4.99 Å². The van der Waals surface area contributed by atoms with E-state index in [4.69, 9.17) is 14.0 Å². The molecule has 0 fully saturated rings. The first-order valence-electron chi connectivity index (χ1n) is 9.47. The number of ether oxygens (including phenoxy) is 2. The molecule has 0 radical (unpaired) electrons. The van der Waals surface area contributed by atoms with Crippen LogP contribution in [-0.4, -0.2) is 31.9 Å². The highest BCUT2D eigenvalue weighted by atomic mass is 127. The molecule has 3 rings (SSSR count). The van der Waals surface area contributed by atoms with Crippen molar-refractivity contribution in [3.05, 3.63) is 65.9 Å². The predicted molar refractivity (Wildman–Crippen MR) is 129 cm³/mol. The highest BCUT2D eigenvalue weighted by molar-refractivity contribution is 14.0. The van der Waals surface area contributed by atoms with Gasteiger partial charge < -0.3 is 24.6 Å². The van der Waals surface area contributed by atoms with E-state index in [1.54, 1.807) is 14.2 Å². The van der Waals surface area contributed by atoms with Crippen LogP contribution in [0.4, 0.5) is 0 Å². The zero-order valence-electron chi connectivity index (χ0n) is 17.3. The fourth-order valence-corrected chi connectivity index (χ4v) is 2.80. The van der Waals surface area contributed by atoms with E-state index in [9.17, 15) is 0 Å².